The van der Waals surface area contributed by atoms with Crippen molar-refractivity contribution in [2.24, 2.45) is 0 Å². The number of benzene rings is 1. The van der Waals surface area contributed by atoms with Gasteiger partial charge < -0.3 is 4.74 Å². The second-order valence-corrected chi connectivity index (χ2v) is 4.59. The molecule has 0 saturated heterocycles. The van der Waals surface area contributed by atoms with E-state index in [0.29, 0.717) is 17.9 Å². The summed E-state index contributed by atoms with van der Waals surface area (Å²) in [7, 11) is 0. The van der Waals surface area contributed by atoms with E-state index < -0.39 is 0 Å². The molecule has 0 aliphatic heterocycles. The summed E-state index contributed by atoms with van der Waals surface area (Å²) in [6.45, 7) is 0.509. The van der Waals surface area contributed by atoms with Gasteiger partial charge in [-0.3, -0.25) is 9.78 Å². The lowest BCUT2D eigenvalue weighted by atomic mass is 10.2. The maximum atomic E-state index is 10.9. The zero-order valence-corrected chi connectivity index (χ0v) is 11.3. The molecule has 92 valence electrons. The minimum atomic E-state index is 0.509. The zero-order valence-electron chi connectivity index (χ0n) is 9.67. The number of hydrogen-bond donors (Lipinski definition) is 0. The Hall–Kier alpha value is -1.68. The van der Waals surface area contributed by atoms with Crippen molar-refractivity contribution < 1.29 is 9.53 Å². The van der Waals surface area contributed by atoms with E-state index in [2.05, 4.69) is 20.9 Å². The molecule has 0 fully saturated rings. The van der Waals surface area contributed by atoms with Crippen molar-refractivity contribution in [2.75, 3.05) is 6.61 Å². The minimum absolute atomic E-state index is 0.509. The molecular weight excluding hydrogens is 294 g/mol. The highest BCUT2D eigenvalue weighted by Gasteiger charge is 2.07. The van der Waals surface area contributed by atoms with Gasteiger partial charge in [-0.2, -0.15) is 0 Å². The van der Waals surface area contributed by atoms with Crippen LogP contribution in [0.5, 0.6) is 5.75 Å². The monoisotopic (exact) mass is 305 g/mol. The standard InChI is InChI=1S/C14H12BrNO2/c15-13-5-1-4-12(10-17)14(13)18-8-6-11-3-2-7-16-9-11/h1-5,7,9-10H,6,8H2. The predicted molar refractivity (Wildman–Crippen MR) is 73.0 cm³/mol. The van der Waals surface area contributed by atoms with E-state index in [4.69, 9.17) is 4.74 Å². The highest BCUT2D eigenvalue weighted by Crippen LogP contribution is 2.28. The first-order chi connectivity index (χ1) is 8.81. The highest BCUT2D eigenvalue weighted by atomic mass is 79.9. The van der Waals surface area contributed by atoms with Gasteiger partial charge in [0.25, 0.3) is 0 Å². The molecule has 0 bridgehead atoms. The number of carbonyl (C=O) groups excluding carboxylic acids is 1. The average Bonchev–Trinajstić information content (AvgIpc) is 2.41. The van der Waals surface area contributed by atoms with Gasteiger partial charge in [-0.25, -0.2) is 0 Å². The van der Waals surface area contributed by atoms with Crippen LogP contribution in [0.4, 0.5) is 0 Å². The summed E-state index contributed by atoms with van der Waals surface area (Å²) in [5.74, 6) is 0.594. The van der Waals surface area contributed by atoms with E-state index in [-0.39, 0.29) is 0 Å². The number of aldehydes is 1. The molecule has 4 heteroatoms. The molecule has 1 heterocycles. The van der Waals surface area contributed by atoms with Crippen molar-refractivity contribution in [3.8, 4) is 5.75 Å². The van der Waals surface area contributed by atoms with E-state index in [1.165, 1.54) is 0 Å². The van der Waals surface area contributed by atoms with Gasteiger partial charge >= 0.3 is 0 Å². The molecule has 0 N–H and O–H groups in total. The van der Waals surface area contributed by atoms with Crippen LogP contribution in [0.25, 0.3) is 0 Å². The van der Waals surface area contributed by atoms with Gasteiger partial charge in [0, 0.05) is 18.8 Å². The number of rotatable bonds is 5. The second-order valence-electron chi connectivity index (χ2n) is 3.74. The van der Waals surface area contributed by atoms with E-state index in [1.54, 1.807) is 12.3 Å². The second kappa shape index (κ2) is 6.31. The Kier molecular flexibility index (Phi) is 4.47. The first-order valence-corrected chi connectivity index (χ1v) is 6.36. The minimum Gasteiger partial charge on any atom is -0.491 e. The topological polar surface area (TPSA) is 39.2 Å². The first-order valence-electron chi connectivity index (χ1n) is 5.56. The molecule has 0 atom stereocenters. The number of carbonyl (C=O) groups is 1. The summed E-state index contributed by atoms with van der Waals surface area (Å²) in [5, 5.41) is 0. The summed E-state index contributed by atoms with van der Waals surface area (Å²) in [6.07, 6.45) is 5.10. The van der Waals surface area contributed by atoms with Gasteiger partial charge in [-0.15, -0.1) is 0 Å². The van der Waals surface area contributed by atoms with Crippen LogP contribution in [0.2, 0.25) is 0 Å². The van der Waals surface area contributed by atoms with Gasteiger partial charge in [0.05, 0.1) is 16.6 Å². The summed E-state index contributed by atoms with van der Waals surface area (Å²) in [5.41, 5.74) is 1.66. The van der Waals surface area contributed by atoms with Crippen LogP contribution in [0.15, 0.2) is 47.2 Å². The number of nitrogens with zero attached hydrogens (tertiary/aromatic N) is 1. The fourth-order valence-electron chi connectivity index (χ4n) is 1.59. The number of halogens is 1. The van der Waals surface area contributed by atoms with E-state index in [0.717, 1.165) is 22.7 Å². The third-order valence-electron chi connectivity index (χ3n) is 2.48. The lowest BCUT2D eigenvalue weighted by Crippen LogP contribution is -2.04. The summed E-state index contributed by atoms with van der Waals surface area (Å²) < 4.78 is 6.45. The van der Waals surface area contributed by atoms with Crippen molar-refractivity contribution in [2.45, 2.75) is 6.42 Å². The van der Waals surface area contributed by atoms with Crippen molar-refractivity contribution in [3.63, 3.8) is 0 Å². The third-order valence-corrected chi connectivity index (χ3v) is 3.11. The van der Waals surface area contributed by atoms with Crippen molar-refractivity contribution in [1.29, 1.82) is 0 Å². The Bertz CT molecular complexity index is 529. The molecule has 0 unspecified atom stereocenters. The lowest BCUT2D eigenvalue weighted by Gasteiger charge is -2.10. The fourth-order valence-corrected chi connectivity index (χ4v) is 2.08. The number of hydrogen-bond acceptors (Lipinski definition) is 3. The van der Waals surface area contributed by atoms with Crippen LogP contribution in [0.3, 0.4) is 0 Å². The molecular formula is C14H12BrNO2. The molecule has 0 aliphatic rings. The third kappa shape index (κ3) is 3.17. The quantitative estimate of drug-likeness (QED) is 0.796. The Morgan fingerprint density at radius 1 is 1.28 bits per heavy atom. The average molecular weight is 306 g/mol. The van der Waals surface area contributed by atoms with E-state index >= 15 is 0 Å². The molecule has 2 aromatic rings. The molecule has 18 heavy (non-hydrogen) atoms. The van der Waals surface area contributed by atoms with Crippen LogP contribution in [-0.2, 0) is 6.42 Å². The van der Waals surface area contributed by atoms with E-state index in [9.17, 15) is 4.79 Å². The molecule has 0 radical (unpaired) electrons. The number of aromatic nitrogens is 1. The van der Waals surface area contributed by atoms with Crippen molar-refractivity contribution in [3.05, 3.63) is 58.3 Å². The fraction of sp³-hybridized carbons (Fsp3) is 0.143. The van der Waals surface area contributed by atoms with Gasteiger partial charge in [-0.05, 0) is 39.7 Å². The first kappa shape index (κ1) is 12.8. The van der Waals surface area contributed by atoms with E-state index in [1.807, 2.05) is 30.5 Å². The molecule has 3 nitrogen and oxygen atoms in total. The molecule has 2 rings (SSSR count). The van der Waals surface area contributed by atoms with Gasteiger partial charge in [0.1, 0.15) is 5.75 Å². The lowest BCUT2D eigenvalue weighted by molar-refractivity contribution is 0.111. The molecule has 0 spiro atoms. The number of pyridine rings is 1. The van der Waals surface area contributed by atoms with Crippen molar-refractivity contribution >= 4 is 22.2 Å². The van der Waals surface area contributed by atoms with Gasteiger partial charge in [0.15, 0.2) is 6.29 Å². The maximum absolute atomic E-state index is 10.9. The summed E-state index contributed by atoms with van der Waals surface area (Å²) in [6, 6.07) is 9.28. The SMILES string of the molecule is O=Cc1cccc(Br)c1OCCc1cccnc1. The normalized spacial score (nSPS) is 10.1. The van der Waals surface area contributed by atoms with Crippen LogP contribution in [0.1, 0.15) is 15.9 Å². The Balaban J connectivity index is 2.00. The van der Waals surface area contributed by atoms with Crippen LogP contribution < -0.4 is 4.74 Å². The molecule has 0 saturated carbocycles. The van der Waals surface area contributed by atoms with Crippen molar-refractivity contribution in [1.82, 2.24) is 4.98 Å². The predicted octanol–water partition coefficient (Wildman–Crippen LogP) is 3.28. The maximum Gasteiger partial charge on any atom is 0.153 e. The van der Waals surface area contributed by atoms with Gasteiger partial charge in [-0.1, -0.05) is 12.1 Å². The Morgan fingerprint density at radius 2 is 2.17 bits per heavy atom. The Morgan fingerprint density at radius 3 is 2.89 bits per heavy atom. The molecule has 1 aromatic heterocycles. The highest BCUT2D eigenvalue weighted by molar-refractivity contribution is 9.10. The van der Waals surface area contributed by atoms with Gasteiger partial charge in [0.2, 0.25) is 0 Å². The summed E-state index contributed by atoms with van der Waals surface area (Å²) >= 11 is 3.38. The van der Waals surface area contributed by atoms with Crippen LogP contribution in [0, 0.1) is 0 Å². The Labute approximate surface area is 114 Å². The molecule has 1 aromatic carbocycles. The van der Waals surface area contributed by atoms with Crippen LogP contribution in [-0.4, -0.2) is 17.9 Å². The largest absolute Gasteiger partial charge is 0.491 e. The zero-order chi connectivity index (χ0) is 12.8. The molecule has 0 aliphatic carbocycles. The number of ether oxygens (including phenoxy) is 1. The summed E-state index contributed by atoms with van der Waals surface area (Å²) in [4.78, 5) is 14.9. The smallest absolute Gasteiger partial charge is 0.153 e. The van der Waals surface area contributed by atoms with Crippen LogP contribution >= 0.6 is 15.9 Å². The molecule has 0 amide bonds. The number of para-hydroxylation sites is 1.